The van der Waals surface area contributed by atoms with E-state index in [0.29, 0.717) is 5.75 Å². The van der Waals surface area contributed by atoms with Gasteiger partial charge in [0.2, 0.25) is 0 Å². The van der Waals surface area contributed by atoms with Crippen LogP contribution in [0.3, 0.4) is 0 Å². The van der Waals surface area contributed by atoms with E-state index in [-0.39, 0.29) is 13.0 Å². The normalized spacial score (nSPS) is 14.1. The van der Waals surface area contributed by atoms with Crippen molar-refractivity contribution in [3.8, 4) is 5.75 Å². The van der Waals surface area contributed by atoms with Gasteiger partial charge in [0.15, 0.2) is 0 Å². The highest BCUT2D eigenvalue weighted by atomic mass is 16.5. The third-order valence-corrected chi connectivity index (χ3v) is 2.86. The monoisotopic (exact) mass is 252 g/mol. The van der Waals surface area contributed by atoms with Crippen molar-refractivity contribution in [2.24, 2.45) is 0 Å². The van der Waals surface area contributed by atoms with E-state index in [2.05, 4.69) is 0 Å². The van der Waals surface area contributed by atoms with Gasteiger partial charge in [-0.1, -0.05) is 6.07 Å². The van der Waals surface area contributed by atoms with Crippen molar-refractivity contribution in [3.63, 3.8) is 0 Å². The van der Waals surface area contributed by atoms with Crippen LogP contribution in [0.4, 0.5) is 0 Å². The number of benzene rings is 1. The molecule has 1 rings (SSSR count). The molecule has 2 N–H and O–H groups in total. The van der Waals surface area contributed by atoms with Crippen LogP contribution in [0.1, 0.15) is 30.0 Å². The molecule has 0 heterocycles. The summed E-state index contributed by atoms with van der Waals surface area (Å²) in [5.74, 6) is -0.357. The Bertz CT molecular complexity index is 449. The SMILES string of the molecule is Cc1cc(C)c(OCC(C)(O)CC(=O)O)cc1C. The average molecular weight is 252 g/mol. The molecule has 1 aromatic rings. The Morgan fingerprint density at radius 2 is 1.78 bits per heavy atom. The van der Waals surface area contributed by atoms with Gasteiger partial charge in [0.05, 0.1) is 6.42 Å². The summed E-state index contributed by atoms with van der Waals surface area (Å²) in [6.07, 6.45) is -0.336. The van der Waals surface area contributed by atoms with Gasteiger partial charge in [-0.2, -0.15) is 0 Å². The van der Waals surface area contributed by atoms with Gasteiger partial charge in [0.25, 0.3) is 0 Å². The van der Waals surface area contributed by atoms with Gasteiger partial charge in [0, 0.05) is 0 Å². The molecule has 0 aromatic heterocycles. The molecule has 4 heteroatoms. The van der Waals surface area contributed by atoms with Gasteiger partial charge in [-0.3, -0.25) is 4.79 Å². The van der Waals surface area contributed by atoms with Gasteiger partial charge in [-0.05, 0) is 50.5 Å². The number of aliphatic carboxylic acids is 1. The summed E-state index contributed by atoms with van der Waals surface area (Å²) < 4.78 is 5.52. The fourth-order valence-electron chi connectivity index (χ4n) is 1.70. The highest BCUT2D eigenvalue weighted by molar-refractivity contribution is 5.68. The van der Waals surface area contributed by atoms with Gasteiger partial charge in [0.1, 0.15) is 18.0 Å². The van der Waals surface area contributed by atoms with Crippen molar-refractivity contribution in [1.29, 1.82) is 0 Å². The smallest absolute Gasteiger partial charge is 0.306 e. The zero-order valence-electron chi connectivity index (χ0n) is 11.3. The Morgan fingerprint density at radius 3 is 2.33 bits per heavy atom. The summed E-state index contributed by atoms with van der Waals surface area (Å²) in [4.78, 5) is 10.6. The Balaban J connectivity index is 2.74. The van der Waals surface area contributed by atoms with Crippen molar-refractivity contribution in [3.05, 3.63) is 28.8 Å². The molecule has 0 radical (unpaired) electrons. The summed E-state index contributed by atoms with van der Waals surface area (Å²) >= 11 is 0. The molecule has 0 saturated carbocycles. The van der Waals surface area contributed by atoms with E-state index in [1.54, 1.807) is 0 Å². The maximum Gasteiger partial charge on any atom is 0.306 e. The average Bonchev–Trinajstić information content (AvgIpc) is 2.19. The molecule has 4 nitrogen and oxygen atoms in total. The van der Waals surface area contributed by atoms with Gasteiger partial charge in [-0.25, -0.2) is 0 Å². The lowest BCUT2D eigenvalue weighted by Crippen LogP contribution is -2.35. The zero-order chi connectivity index (χ0) is 13.9. The summed E-state index contributed by atoms with van der Waals surface area (Å²) in [5, 5.41) is 18.5. The number of carbonyl (C=O) groups is 1. The van der Waals surface area contributed by atoms with E-state index in [9.17, 15) is 9.90 Å². The lowest BCUT2D eigenvalue weighted by atomic mass is 10.0. The Hall–Kier alpha value is -1.55. The van der Waals surface area contributed by atoms with Crippen LogP contribution in [0, 0.1) is 20.8 Å². The first kappa shape index (κ1) is 14.5. The van der Waals surface area contributed by atoms with Crippen molar-refractivity contribution in [1.82, 2.24) is 0 Å². The second-order valence-electron chi connectivity index (χ2n) is 5.06. The van der Waals surface area contributed by atoms with Gasteiger partial charge >= 0.3 is 5.97 Å². The summed E-state index contributed by atoms with van der Waals surface area (Å²) in [6, 6.07) is 3.91. The van der Waals surface area contributed by atoms with Crippen LogP contribution in [0.5, 0.6) is 5.75 Å². The summed E-state index contributed by atoms with van der Waals surface area (Å²) in [7, 11) is 0. The highest BCUT2D eigenvalue weighted by Gasteiger charge is 2.25. The predicted octanol–water partition coefficient (Wildman–Crippen LogP) is 2.22. The minimum Gasteiger partial charge on any atom is -0.490 e. The first-order valence-electron chi connectivity index (χ1n) is 5.86. The molecular formula is C14H20O4. The van der Waals surface area contributed by atoms with E-state index < -0.39 is 11.6 Å². The third kappa shape index (κ3) is 4.04. The van der Waals surface area contributed by atoms with Crippen molar-refractivity contribution in [2.45, 2.75) is 39.7 Å². The Labute approximate surface area is 107 Å². The van der Waals surface area contributed by atoms with Crippen LogP contribution < -0.4 is 4.74 Å². The Kier molecular flexibility index (Phi) is 4.35. The number of rotatable bonds is 5. The quantitative estimate of drug-likeness (QED) is 0.843. The maximum atomic E-state index is 10.6. The van der Waals surface area contributed by atoms with Crippen LogP contribution in [0.15, 0.2) is 12.1 Å². The molecule has 0 aliphatic rings. The molecule has 1 atom stereocenters. The molecule has 0 saturated heterocycles. The predicted molar refractivity (Wildman–Crippen MR) is 69.0 cm³/mol. The van der Waals surface area contributed by atoms with Crippen molar-refractivity contribution >= 4 is 5.97 Å². The van der Waals surface area contributed by atoms with Crippen LogP contribution in [-0.4, -0.2) is 28.4 Å². The first-order chi connectivity index (χ1) is 8.21. The lowest BCUT2D eigenvalue weighted by molar-refractivity contribution is -0.143. The van der Waals surface area contributed by atoms with Crippen LogP contribution in [0.25, 0.3) is 0 Å². The minimum atomic E-state index is -1.36. The van der Waals surface area contributed by atoms with Gasteiger partial charge < -0.3 is 14.9 Å². The summed E-state index contributed by atoms with van der Waals surface area (Å²) in [5.41, 5.74) is 1.90. The second kappa shape index (κ2) is 5.40. The number of hydrogen-bond acceptors (Lipinski definition) is 3. The van der Waals surface area contributed by atoms with Crippen LogP contribution >= 0.6 is 0 Å². The molecule has 0 amide bonds. The highest BCUT2D eigenvalue weighted by Crippen LogP contribution is 2.23. The molecule has 100 valence electrons. The van der Waals surface area contributed by atoms with Crippen LogP contribution in [0.2, 0.25) is 0 Å². The molecule has 1 aromatic carbocycles. The molecule has 0 bridgehead atoms. The largest absolute Gasteiger partial charge is 0.490 e. The molecule has 0 aliphatic carbocycles. The number of carboxylic acid groups (broad SMARTS) is 1. The fraction of sp³-hybridized carbons (Fsp3) is 0.500. The molecule has 1 unspecified atom stereocenters. The van der Waals surface area contributed by atoms with E-state index >= 15 is 0 Å². The van der Waals surface area contributed by atoms with Crippen molar-refractivity contribution in [2.75, 3.05) is 6.61 Å². The molecular weight excluding hydrogens is 232 g/mol. The number of hydrogen-bond donors (Lipinski definition) is 2. The summed E-state index contributed by atoms with van der Waals surface area (Å²) in [6.45, 7) is 7.34. The molecule has 0 fully saturated rings. The number of ether oxygens (including phenoxy) is 1. The standard InChI is InChI=1S/C14H20O4/c1-9-5-11(3)12(6-10(9)2)18-8-14(4,17)7-13(15)16/h5-6,17H,7-8H2,1-4H3,(H,15,16). The van der Waals surface area contributed by atoms with Gasteiger partial charge in [-0.15, -0.1) is 0 Å². The van der Waals surface area contributed by atoms with Crippen molar-refractivity contribution < 1.29 is 19.7 Å². The third-order valence-electron chi connectivity index (χ3n) is 2.86. The number of aliphatic hydroxyl groups is 1. The fourth-order valence-corrected chi connectivity index (χ4v) is 1.70. The van der Waals surface area contributed by atoms with E-state index in [4.69, 9.17) is 9.84 Å². The maximum absolute atomic E-state index is 10.6. The first-order valence-corrected chi connectivity index (χ1v) is 5.86. The Morgan fingerprint density at radius 1 is 1.22 bits per heavy atom. The zero-order valence-corrected chi connectivity index (χ0v) is 11.3. The number of carboxylic acids is 1. The van der Waals surface area contributed by atoms with E-state index in [1.807, 2.05) is 32.9 Å². The number of aryl methyl sites for hydroxylation is 3. The topological polar surface area (TPSA) is 66.8 Å². The molecule has 0 spiro atoms. The minimum absolute atomic E-state index is 0.0390. The van der Waals surface area contributed by atoms with Crippen LogP contribution in [-0.2, 0) is 4.79 Å². The van der Waals surface area contributed by atoms with E-state index in [1.165, 1.54) is 12.5 Å². The second-order valence-corrected chi connectivity index (χ2v) is 5.06. The van der Waals surface area contributed by atoms with E-state index in [0.717, 1.165) is 11.1 Å². The lowest BCUT2D eigenvalue weighted by Gasteiger charge is -2.22. The molecule has 0 aliphatic heterocycles. The molecule has 18 heavy (non-hydrogen) atoms.